The van der Waals surface area contributed by atoms with Gasteiger partial charge < -0.3 is 20.7 Å². The van der Waals surface area contributed by atoms with Crippen molar-refractivity contribution in [3.05, 3.63) is 30.3 Å². The van der Waals surface area contributed by atoms with Crippen molar-refractivity contribution in [3.63, 3.8) is 0 Å². The summed E-state index contributed by atoms with van der Waals surface area (Å²) in [5.41, 5.74) is 5.56. The molecule has 2 amide bonds. The molecule has 1 saturated heterocycles. The van der Waals surface area contributed by atoms with Gasteiger partial charge in [0.05, 0.1) is 5.54 Å². The van der Waals surface area contributed by atoms with Crippen molar-refractivity contribution >= 4 is 11.8 Å². The molecule has 1 aromatic rings. The molecule has 1 aliphatic rings. The predicted octanol–water partition coefficient (Wildman–Crippen LogP) is 1.94. The molecular weight excluding hydrogens is 330 g/mol. The Hall–Kier alpha value is -2.08. The Kier molecular flexibility index (Phi) is 7.45. The number of rotatable bonds is 8. The first kappa shape index (κ1) is 20.2. The number of hydrogen-bond acceptors (Lipinski definition) is 4. The normalized spacial score (nSPS) is 15.6. The molecule has 144 valence electrons. The summed E-state index contributed by atoms with van der Waals surface area (Å²) >= 11 is 0. The third kappa shape index (κ3) is 5.21. The van der Waals surface area contributed by atoms with Crippen LogP contribution >= 0.6 is 0 Å². The fourth-order valence-electron chi connectivity index (χ4n) is 3.27. The minimum atomic E-state index is -0.312. The largest absolute Gasteiger partial charge is 0.484 e. The maximum absolute atomic E-state index is 12.6. The van der Waals surface area contributed by atoms with Gasteiger partial charge >= 0.3 is 0 Å². The lowest BCUT2D eigenvalue weighted by molar-refractivity contribution is -0.137. The maximum atomic E-state index is 12.6. The molecule has 0 saturated carbocycles. The van der Waals surface area contributed by atoms with Crippen LogP contribution in [0.4, 0.5) is 0 Å². The number of likely N-dealkylation sites (tertiary alicyclic amines) is 1. The van der Waals surface area contributed by atoms with E-state index in [9.17, 15) is 9.59 Å². The van der Waals surface area contributed by atoms with Gasteiger partial charge in [-0.25, -0.2) is 0 Å². The molecule has 0 spiro atoms. The lowest BCUT2D eigenvalue weighted by atomic mass is 9.89. The molecule has 1 fully saturated rings. The first-order valence-corrected chi connectivity index (χ1v) is 9.51. The van der Waals surface area contributed by atoms with Crippen LogP contribution in [-0.4, -0.2) is 48.5 Å². The Labute approximate surface area is 156 Å². The van der Waals surface area contributed by atoms with Gasteiger partial charge in [-0.05, 0) is 37.8 Å². The molecule has 1 heterocycles. The highest BCUT2D eigenvalue weighted by molar-refractivity contribution is 5.81. The Bertz CT molecular complexity index is 571. The van der Waals surface area contributed by atoms with Crippen molar-refractivity contribution in [1.82, 2.24) is 10.2 Å². The Morgan fingerprint density at radius 1 is 1.19 bits per heavy atom. The fourth-order valence-corrected chi connectivity index (χ4v) is 3.27. The number of ether oxygens (including phenoxy) is 1. The van der Waals surface area contributed by atoms with Crippen LogP contribution in [0.1, 0.15) is 39.5 Å². The highest BCUT2D eigenvalue weighted by Crippen LogP contribution is 2.21. The van der Waals surface area contributed by atoms with Crippen LogP contribution in [0.15, 0.2) is 30.3 Å². The second-order valence-corrected chi connectivity index (χ2v) is 6.94. The topological polar surface area (TPSA) is 84.7 Å². The average Bonchev–Trinajstić information content (AvgIpc) is 2.71. The summed E-state index contributed by atoms with van der Waals surface area (Å²) in [4.78, 5) is 26.7. The van der Waals surface area contributed by atoms with E-state index in [4.69, 9.17) is 10.5 Å². The van der Waals surface area contributed by atoms with Gasteiger partial charge in [-0.3, -0.25) is 9.59 Å². The van der Waals surface area contributed by atoms with Gasteiger partial charge in [0.2, 0.25) is 5.91 Å². The summed E-state index contributed by atoms with van der Waals surface area (Å²) in [5, 5.41) is 3.15. The first-order valence-electron chi connectivity index (χ1n) is 9.51. The molecule has 6 heteroatoms. The first-order chi connectivity index (χ1) is 12.5. The van der Waals surface area contributed by atoms with Crippen LogP contribution in [0.2, 0.25) is 0 Å². The van der Waals surface area contributed by atoms with Gasteiger partial charge in [0.1, 0.15) is 5.75 Å². The number of carbonyl (C=O) groups is 2. The lowest BCUT2D eigenvalue weighted by Gasteiger charge is -2.36. The summed E-state index contributed by atoms with van der Waals surface area (Å²) in [6.45, 7) is 5.74. The highest BCUT2D eigenvalue weighted by atomic mass is 16.5. The van der Waals surface area contributed by atoms with E-state index in [2.05, 4.69) is 5.32 Å². The predicted molar refractivity (Wildman–Crippen MR) is 102 cm³/mol. The van der Waals surface area contributed by atoms with Gasteiger partial charge in [0.15, 0.2) is 6.61 Å². The summed E-state index contributed by atoms with van der Waals surface area (Å²) in [7, 11) is 0. The van der Waals surface area contributed by atoms with Gasteiger partial charge in [-0.15, -0.1) is 0 Å². The smallest absolute Gasteiger partial charge is 0.260 e. The highest BCUT2D eigenvalue weighted by Gasteiger charge is 2.32. The number of nitrogens with zero attached hydrogens (tertiary/aromatic N) is 1. The van der Waals surface area contributed by atoms with E-state index in [1.165, 1.54) is 0 Å². The van der Waals surface area contributed by atoms with E-state index in [-0.39, 0.29) is 29.9 Å². The molecular formula is C20H31N3O3. The standard InChI is InChI=1S/C20H31N3O3/c1-3-20(4-2,15-21)22-19(25)16-10-12-23(13-11-16)18(24)14-26-17-8-6-5-7-9-17/h5-9,16H,3-4,10-15,21H2,1-2H3,(H,22,25). The van der Waals surface area contributed by atoms with Crippen LogP contribution in [0.3, 0.4) is 0 Å². The van der Waals surface area contributed by atoms with E-state index in [0.717, 1.165) is 12.8 Å². The lowest BCUT2D eigenvalue weighted by Crippen LogP contribution is -2.55. The molecule has 3 N–H and O–H groups in total. The minimum absolute atomic E-state index is 0.0306. The quantitative estimate of drug-likeness (QED) is 0.741. The molecule has 0 unspecified atom stereocenters. The summed E-state index contributed by atoms with van der Waals surface area (Å²) < 4.78 is 5.52. The zero-order valence-corrected chi connectivity index (χ0v) is 15.9. The van der Waals surface area contributed by atoms with Gasteiger partial charge in [0.25, 0.3) is 5.91 Å². The van der Waals surface area contributed by atoms with Gasteiger partial charge in [-0.1, -0.05) is 32.0 Å². The van der Waals surface area contributed by atoms with E-state index in [1.54, 1.807) is 4.90 Å². The van der Waals surface area contributed by atoms with Crippen LogP contribution < -0.4 is 15.8 Å². The minimum Gasteiger partial charge on any atom is -0.484 e. The van der Waals surface area contributed by atoms with Crippen LogP contribution in [-0.2, 0) is 9.59 Å². The number of nitrogens with two attached hydrogens (primary N) is 1. The number of para-hydroxylation sites is 1. The SMILES string of the molecule is CCC(CC)(CN)NC(=O)C1CCN(C(=O)COc2ccccc2)CC1. The van der Waals surface area contributed by atoms with Crippen LogP contribution in [0.5, 0.6) is 5.75 Å². The number of hydrogen-bond donors (Lipinski definition) is 2. The van der Waals surface area contributed by atoms with Gasteiger partial charge in [0, 0.05) is 25.6 Å². The molecule has 0 aliphatic carbocycles. The molecule has 6 nitrogen and oxygen atoms in total. The van der Waals surface area contributed by atoms with Crippen LogP contribution in [0.25, 0.3) is 0 Å². The molecule has 2 rings (SSSR count). The Morgan fingerprint density at radius 3 is 2.35 bits per heavy atom. The second-order valence-electron chi connectivity index (χ2n) is 6.94. The van der Waals surface area contributed by atoms with Crippen molar-refractivity contribution in [2.24, 2.45) is 11.7 Å². The summed E-state index contributed by atoms with van der Waals surface area (Å²) in [5.74, 6) is 0.656. The van der Waals surface area contributed by atoms with Crippen molar-refractivity contribution in [1.29, 1.82) is 0 Å². The zero-order chi connectivity index (χ0) is 19.0. The Balaban J connectivity index is 1.79. The monoisotopic (exact) mass is 361 g/mol. The molecule has 0 atom stereocenters. The van der Waals surface area contributed by atoms with Crippen molar-refractivity contribution in [2.75, 3.05) is 26.2 Å². The Morgan fingerprint density at radius 2 is 1.81 bits per heavy atom. The average molecular weight is 361 g/mol. The van der Waals surface area contributed by atoms with Crippen molar-refractivity contribution in [2.45, 2.75) is 45.1 Å². The number of nitrogens with one attached hydrogen (secondary N) is 1. The number of amides is 2. The van der Waals surface area contributed by atoms with E-state index < -0.39 is 0 Å². The van der Waals surface area contributed by atoms with E-state index >= 15 is 0 Å². The van der Waals surface area contributed by atoms with Gasteiger partial charge in [-0.2, -0.15) is 0 Å². The molecule has 0 radical (unpaired) electrons. The van der Waals surface area contributed by atoms with E-state index in [1.807, 2.05) is 44.2 Å². The number of benzene rings is 1. The summed E-state index contributed by atoms with van der Waals surface area (Å²) in [6, 6.07) is 9.31. The van der Waals surface area contributed by atoms with Crippen molar-refractivity contribution in [3.8, 4) is 5.75 Å². The van der Waals surface area contributed by atoms with Crippen molar-refractivity contribution < 1.29 is 14.3 Å². The molecule has 0 bridgehead atoms. The summed E-state index contributed by atoms with van der Waals surface area (Å²) in [6.07, 6.45) is 2.99. The molecule has 1 aromatic carbocycles. The number of piperidine rings is 1. The van der Waals surface area contributed by atoms with E-state index in [0.29, 0.717) is 38.2 Å². The second kappa shape index (κ2) is 9.57. The molecule has 26 heavy (non-hydrogen) atoms. The number of carbonyl (C=O) groups excluding carboxylic acids is 2. The van der Waals surface area contributed by atoms with Crippen LogP contribution in [0, 0.1) is 5.92 Å². The third-order valence-corrected chi connectivity index (χ3v) is 5.46. The third-order valence-electron chi connectivity index (χ3n) is 5.46. The molecule has 0 aromatic heterocycles. The fraction of sp³-hybridized carbons (Fsp3) is 0.600. The zero-order valence-electron chi connectivity index (χ0n) is 15.9. The molecule has 1 aliphatic heterocycles. The maximum Gasteiger partial charge on any atom is 0.260 e.